The molecule has 124 valence electrons. The van der Waals surface area contributed by atoms with E-state index in [4.69, 9.17) is 4.74 Å². The molecule has 7 heteroatoms. The van der Waals surface area contributed by atoms with Gasteiger partial charge < -0.3 is 4.74 Å². The van der Waals surface area contributed by atoms with E-state index in [1.165, 1.54) is 12.1 Å². The number of halogens is 4. The predicted molar refractivity (Wildman–Crippen MR) is 88.7 cm³/mol. The Bertz CT molecular complexity index is 840. The molecule has 0 spiro atoms. The summed E-state index contributed by atoms with van der Waals surface area (Å²) in [4.78, 5) is 0. The minimum absolute atomic E-state index is 0.613. The van der Waals surface area contributed by atoms with Crippen molar-refractivity contribution in [2.24, 2.45) is 0 Å². The Kier molecular flexibility index (Phi) is 4.36. The monoisotopic (exact) mass is 396 g/mol. The molecule has 0 amide bonds. The van der Waals surface area contributed by atoms with E-state index in [2.05, 4.69) is 26.1 Å². The Morgan fingerprint density at radius 3 is 2.08 bits per heavy atom. The summed E-state index contributed by atoms with van der Waals surface area (Å²) in [5.41, 5.74) is 2.08. The first kappa shape index (κ1) is 16.6. The number of rotatable bonds is 3. The minimum Gasteiger partial charge on any atom is -0.497 e. The molecular formula is C17H12BrF3N2O. The van der Waals surface area contributed by atoms with Crippen LogP contribution in [0.5, 0.6) is 5.75 Å². The molecular weight excluding hydrogens is 385 g/mol. The van der Waals surface area contributed by atoms with Crippen molar-refractivity contribution < 1.29 is 17.9 Å². The van der Waals surface area contributed by atoms with Gasteiger partial charge in [0.05, 0.1) is 22.8 Å². The summed E-state index contributed by atoms with van der Waals surface area (Å²) < 4.78 is 43.8. The van der Waals surface area contributed by atoms with Gasteiger partial charge in [0.25, 0.3) is 0 Å². The maximum atomic E-state index is 12.6. The van der Waals surface area contributed by atoms with Gasteiger partial charge in [-0.25, -0.2) is 0 Å². The van der Waals surface area contributed by atoms with Gasteiger partial charge in [-0.1, -0.05) is 12.1 Å². The number of alkyl halides is 3. The van der Waals surface area contributed by atoms with Gasteiger partial charge in [-0.2, -0.15) is 18.3 Å². The number of methoxy groups -OCH3 is 1. The highest BCUT2D eigenvalue weighted by molar-refractivity contribution is 9.10. The van der Waals surface area contributed by atoms with E-state index in [1.807, 2.05) is 24.3 Å². The third kappa shape index (κ3) is 3.17. The Balaban J connectivity index is 1.94. The Labute approximate surface area is 144 Å². The molecule has 3 nitrogen and oxygen atoms in total. The summed E-state index contributed by atoms with van der Waals surface area (Å²) in [7, 11) is 1.59. The van der Waals surface area contributed by atoms with Crippen LogP contribution in [-0.2, 0) is 6.18 Å². The van der Waals surface area contributed by atoms with Crippen LogP contribution in [-0.4, -0.2) is 17.3 Å². The Morgan fingerprint density at radius 2 is 1.54 bits per heavy atom. The Hall–Kier alpha value is -2.28. The molecule has 0 bridgehead atoms. The molecule has 3 aromatic rings. The second-order valence-corrected chi connectivity index (χ2v) is 5.86. The molecule has 0 aliphatic rings. The van der Waals surface area contributed by atoms with E-state index in [0.717, 1.165) is 23.4 Å². The highest BCUT2D eigenvalue weighted by Crippen LogP contribution is 2.36. The molecule has 3 rings (SSSR count). The first-order valence-electron chi connectivity index (χ1n) is 6.96. The van der Waals surface area contributed by atoms with E-state index in [-0.39, 0.29) is 0 Å². The van der Waals surface area contributed by atoms with Gasteiger partial charge in [0.2, 0.25) is 0 Å². The smallest absolute Gasteiger partial charge is 0.416 e. The van der Waals surface area contributed by atoms with Gasteiger partial charge >= 0.3 is 6.18 Å². The van der Waals surface area contributed by atoms with E-state index in [1.54, 1.807) is 7.11 Å². The average molecular weight is 397 g/mol. The number of aromatic amines is 1. The molecule has 0 saturated heterocycles. The first-order valence-corrected chi connectivity index (χ1v) is 7.75. The molecule has 0 fully saturated rings. The number of aromatic nitrogens is 2. The summed E-state index contributed by atoms with van der Waals surface area (Å²) in [6, 6.07) is 12.3. The van der Waals surface area contributed by atoms with Crippen molar-refractivity contribution in [2.45, 2.75) is 6.18 Å². The second-order valence-electron chi connectivity index (χ2n) is 5.06. The summed E-state index contributed by atoms with van der Waals surface area (Å²) in [5.74, 6) is 0.730. The van der Waals surface area contributed by atoms with Gasteiger partial charge in [0.15, 0.2) is 0 Å². The maximum Gasteiger partial charge on any atom is 0.416 e. The van der Waals surface area contributed by atoms with Gasteiger partial charge in [-0.05, 0) is 52.3 Å². The number of hydrogen-bond acceptors (Lipinski definition) is 2. The highest BCUT2D eigenvalue weighted by Gasteiger charge is 2.30. The van der Waals surface area contributed by atoms with Crippen LogP contribution in [0.4, 0.5) is 13.2 Å². The van der Waals surface area contributed by atoms with Crippen molar-refractivity contribution in [3.8, 4) is 28.3 Å². The highest BCUT2D eigenvalue weighted by atomic mass is 79.9. The molecule has 0 saturated carbocycles. The molecule has 0 atom stereocenters. The normalized spacial score (nSPS) is 11.5. The van der Waals surface area contributed by atoms with Gasteiger partial charge in [0, 0.05) is 11.1 Å². The number of nitrogens with one attached hydrogen (secondary N) is 1. The van der Waals surface area contributed by atoms with E-state index in [9.17, 15) is 13.2 Å². The van der Waals surface area contributed by atoms with Crippen LogP contribution in [0.3, 0.4) is 0 Å². The largest absolute Gasteiger partial charge is 0.497 e. The molecule has 1 N–H and O–H groups in total. The number of H-pyrrole nitrogens is 1. The number of ether oxygens (including phenoxy) is 1. The lowest BCUT2D eigenvalue weighted by atomic mass is 10.1. The zero-order valence-corrected chi connectivity index (χ0v) is 14.1. The maximum absolute atomic E-state index is 12.6. The van der Waals surface area contributed by atoms with Crippen LogP contribution < -0.4 is 4.74 Å². The third-order valence-electron chi connectivity index (χ3n) is 3.57. The van der Waals surface area contributed by atoms with Crippen molar-refractivity contribution in [1.82, 2.24) is 10.2 Å². The molecule has 0 aliphatic heterocycles. The molecule has 2 aromatic carbocycles. The van der Waals surface area contributed by atoms with E-state index >= 15 is 0 Å². The van der Waals surface area contributed by atoms with Crippen LogP contribution in [0, 0.1) is 0 Å². The molecule has 0 unspecified atom stereocenters. The molecule has 1 aromatic heterocycles. The molecule has 1 heterocycles. The van der Waals surface area contributed by atoms with Crippen molar-refractivity contribution >= 4 is 15.9 Å². The SMILES string of the molecule is COc1ccc(-c2n[nH]c(-c3ccc(C(F)(F)F)cc3)c2Br)cc1. The van der Waals surface area contributed by atoms with Crippen molar-refractivity contribution in [3.05, 3.63) is 58.6 Å². The van der Waals surface area contributed by atoms with E-state index < -0.39 is 11.7 Å². The number of nitrogens with zero attached hydrogens (tertiary/aromatic N) is 1. The third-order valence-corrected chi connectivity index (χ3v) is 4.34. The lowest BCUT2D eigenvalue weighted by Crippen LogP contribution is -2.04. The van der Waals surface area contributed by atoms with Crippen molar-refractivity contribution in [3.63, 3.8) is 0 Å². The molecule has 0 radical (unpaired) electrons. The van der Waals surface area contributed by atoms with Crippen LogP contribution in [0.2, 0.25) is 0 Å². The van der Waals surface area contributed by atoms with Gasteiger partial charge in [-0.3, -0.25) is 5.10 Å². The summed E-state index contributed by atoms with van der Waals surface area (Å²) in [6.45, 7) is 0. The van der Waals surface area contributed by atoms with Crippen LogP contribution in [0.1, 0.15) is 5.56 Å². The summed E-state index contributed by atoms with van der Waals surface area (Å²) in [6.07, 6.45) is -4.35. The number of benzene rings is 2. The second kappa shape index (κ2) is 6.32. The number of hydrogen-bond donors (Lipinski definition) is 1. The summed E-state index contributed by atoms with van der Waals surface area (Å²) >= 11 is 3.47. The van der Waals surface area contributed by atoms with E-state index in [0.29, 0.717) is 21.4 Å². The average Bonchev–Trinajstić information content (AvgIpc) is 2.96. The van der Waals surface area contributed by atoms with Crippen molar-refractivity contribution in [2.75, 3.05) is 7.11 Å². The first-order chi connectivity index (χ1) is 11.4. The molecule has 24 heavy (non-hydrogen) atoms. The molecule has 0 aliphatic carbocycles. The zero-order valence-electron chi connectivity index (χ0n) is 12.5. The lowest BCUT2D eigenvalue weighted by Gasteiger charge is -2.07. The van der Waals surface area contributed by atoms with Crippen LogP contribution >= 0.6 is 15.9 Å². The topological polar surface area (TPSA) is 37.9 Å². The zero-order chi connectivity index (χ0) is 17.3. The predicted octanol–water partition coefficient (Wildman–Crippen LogP) is 5.53. The standard InChI is InChI=1S/C17H12BrF3N2O/c1-24-13-8-4-11(5-9-13)16-14(18)15(22-23-16)10-2-6-12(7-3-10)17(19,20)21/h2-9H,1H3,(H,22,23). The van der Waals surface area contributed by atoms with Gasteiger partial charge in [-0.15, -0.1) is 0 Å². The summed E-state index contributed by atoms with van der Waals surface area (Å²) in [5, 5.41) is 7.12. The quantitative estimate of drug-likeness (QED) is 0.631. The Morgan fingerprint density at radius 1 is 0.958 bits per heavy atom. The van der Waals surface area contributed by atoms with Crippen molar-refractivity contribution in [1.29, 1.82) is 0 Å². The lowest BCUT2D eigenvalue weighted by molar-refractivity contribution is -0.137. The van der Waals surface area contributed by atoms with Crippen LogP contribution in [0.25, 0.3) is 22.5 Å². The fourth-order valence-electron chi connectivity index (χ4n) is 2.29. The fourth-order valence-corrected chi connectivity index (χ4v) is 2.92. The minimum atomic E-state index is -4.35. The van der Waals surface area contributed by atoms with Gasteiger partial charge in [0.1, 0.15) is 11.4 Å². The van der Waals surface area contributed by atoms with Crippen LogP contribution in [0.15, 0.2) is 53.0 Å². The fraction of sp³-hybridized carbons (Fsp3) is 0.118.